The standard InChI is InChI=1S/C19H20N2O3/c1-13-3-5-14(6-4-13)17-18(22)20-11-12-21(17)19(23)15-7-9-16(24-2)10-8-15/h3-10,17H,11-12H2,1-2H3,(H,20,22). The van der Waals surface area contributed by atoms with E-state index < -0.39 is 6.04 Å². The smallest absolute Gasteiger partial charge is 0.254 e. The van der Waals surface area contributed by atoms with Crippen LogP contribution in [0.2, 0.25) is 0 Å². The monoisotopic (exact) mass is 324 g/mol. The lowest BCUT2D eigenvalue weighted by molar-refractivity contribution is -0.128. The molecule has 5 heteroatoms. The van der Waals surface area contributed by atoms with Gasteiger partial charge in [0, 0.05) is 18.7 Å². The van der Waals surface area contributed by atoms with E-state index in [1.807, 2.05) is 31.2 Å². The summed E-state index contributed by atoms with van der Waals surface area (Å²) in [5, 5.41) is 2.85. The lowest BCUT2D eigenvalue weighted by atomic mass is 10.00. The summed E-state index contributed by atoms with van der Waals surface area (Å²) < 4.78 is 5.12. The van der Waals surface area contributed by atoms with E-state index in [0.29, 0.717) is 24.4 Å². The minimum atomic E-state index is -0.603. The normalized spacial score (nSPS) is 17.3. The molecule has 2 amide bonds. The van der Waals surface area contributed by atoms with Crippen molar-refractivity contribution < 1.29 is 14.3 Å². The van der Waals surface area contributed by atoms with E-state index in [9.17, 15) is 9.59 Å². The molecule has 0 spiro atoms. The molecule has 0 radical (unpaired) electrons. The lowest BCUT2D eigenvalue weighted by Gasteiger charge is -2.35. The van der Waals surface area contributed by atoms with Crippen LogP contribution in [0.1, 0.15) is 27.5 Å². The van der Waals surface area contributed by atoms with Gasteiger partial charge in [0.05, 0.1) is 7.11 Å². The Labute approximate surface area is 141 Å². The third-order valence-corrected chi connectivity index (χ3v) is 4.20. The second kappa shape index (κ2) is 6.74. The molecule has 124 valence electrons. The highest BCUT2D eigenvalue weighted by Gasteiger charge is 2.34. The quantitative estimate of drug-likeness (QED) is 0.942. The minimum absolute atomic E-state index is 0.146. The average molecular weight is 324 g/mol. The second-order valence-corrected chi connectivity index (χ2v) is 5.83. The Morgan fingerprint density at radius 1 is 1.12 bits per heavy atom. The summed E-state index contributed by atoms with van der Waals surface area (Å²) in [5.41, 5.74) is 2.48. The van der Waals surface area contributed by atoms with Crippen molar-refractivity contribution in [1.82, 2.24) is 10.2 Å². The average Bonchev–Trinajstić information content (AvgIpc) is 2.62. The zero-order valence-corrected chi connectivity index (χ0v) is 13.8. The molecular weight excluding hydrogens is 304 g/mol. The van der Waals surface area contributed by atoms with Crippen molar-refractivity contribution in [3.05, 3.63) is 65.2 Å². The van der Waals surface area contributed by atoms with Crippen molar-refractivity contribution in [1.29, 1.82) is 0 Å². The maximum atomic E-state index is 12.9. The number of carbonyl (C=O) groups excluding carboxylic acids is 2. The molecular formula is C19H20N2O3. The van der Waals surface area contributed by atoms with E-state index in [0.717, 1.165) is 11.1 Å². The van der Waals surface area contributed by atoms with Crippen LogP contribution in [0.15, 0.2) is 48.5 Å². The first-order valence-corrected chi connectivity index (χ1v) is 7.89. The molecule has 1 N–H and O–H groups in total. The topological polar surface area (TPSA) is 58.6 Å². The van der Waals surface area contributed by atoms with Crippen LogP contribution in [0.5, 0.6) is 5.75 Å². The summed E-state index contributed by atoms with van der Waals surface area (Å²) in [6.07, 6.45) is 0. The molecule has 0 saturated carbocycles. The number of carbonyl (C=O) groups is 2. The molecule has 1 aliphatic rings. The number of nitrogens with one attached hydrogen (secondary N) is 1. The van der Waals surface area contributed by atoms with Gasteiger partial charge in [0.25, 0.3) is 5.91 Å². The molecule has 5 nitrogen and oxygen atoms in total. The van der Waals surface area contributed by atoms with Gasteiger partial charge in [-0.05, 0) is 36.8 Å². The van der Waals surface area contributed by atoms with Crippen molar-refractivity contribution in [2.24, 2.45) is 0 Å². The van der Waals surface area contributed by atoms with Crippen LogP contribution in [-0.2, 0) is 4.79 Å². The van der Waals surface area contributed by atoms with Crippen LogP contribution in [0.25, 0.3) is 0 Å². The Balaban J connectivity index is 1.91. The highest BCUT2D eigenvalue weighted by atomic mass is 16.5. The maximum absolute atomic E-state index is 12.9. The Bertz CT molecular complexity index is 738. The molecule has 0 aromatic heterocycles. The highest BCUT2D eigenvalue weighted by molar-refractivity contribution is 5.98. The molecule has 2 aromatic carbocycles. The molecule has 1 atom stereocenters. The molecule has 0 aliphatic carbocycles. The van der Waals surface area contributed by atoms with Crippen LogP contribution < -0.4 is 10.1 Å². The van der Waals surface area contributed by atoms with Gasteiger partial charge in [0.15, 0.2) is 0 Å². The SMILES string of the molecule is COc1ccc(C(=O)N2CCNC(=O)C2c2ccc(C)cc2)cc1. The zero-order chi connectivity index (χ0) is 17.1. The van der Waals surface area contributed by atoms with Gasteiger partial charge in [0.2, 0.25) is 5.91 Å². The Hall–Kier alpha value is -2.82. The van der Waals surface area contributed by atoms with Crippen molar-refractivity contribution in [3.63, 3.8) is 0 Å². The van der Waals surface area contributed by atoms with Gasteiger partial charge in [0.1, 0.15) is 11.8 Å². The molecule has 1 unspecified atom stereocenters. The number of amides is 2. The molecule has 1 saturated heterocycles. The van der Waals surface area contributed by atoms with E-state index in [-0.39, 0.29) is 11.8 Å². The number of benzene rings is 2. The third kappa shape index (κ3) is 3.11. The van der Waals surface area contributed by atoms with E-state index in [2.05, 4.69) is 5.32 Å². The van der Waals surface area contributed by atoms with Crippen LogP contribution >= 0.6 is 0 Å². The van der Waals surface area contributed by atoms with Crippen LogP contribution in [0.4, 0.5) is 0 Å². The van der Waals surface area contributed by atoms with Crippen LogP contribution in [0, 0.1) is 6.92 Å². The summed E-state index contributed by atoms with van der Waals surface area (Å²) in [5.74, 6) is 0.392. The molecule has 2 aromatic rings. The van der Waals surface area contributed by atoms with Crippen molar-refractivity contribution in [2.75, 3.05) is 20.2 Å². The molecule has 1 fully saturated rings. The van der Waals surface area contributed by atoms with Gasteiger partial charge in [-0.2, -0.15) is 0 Å². The Morgan fingerprint density at radius 3 is 2.42 bits per heavy atom. The van der Waals surface area contributed by atoms with E-state index in [4.69, 9.17) is 4.74 Å². The van der Waals surface area contributed by atoms with Gasteiger partial charge < -0.3 is 15.0 Å². The van der Waals surface area contributed by atoms with E-state index >= 15 is 0 Å². The summed E-state index contributed by atoms with van der Waals surface area (Å²) in [6, 6.07) is 14.0. The van der Waals surface area contributed by atoms with Crippen molar-refractivity contribution >= 4 is 11.8 Å². The largest absolute Gasteiger partial charge is 0.497 e. The summed E-state index contributed by atoms with van der Waals surface area (Å²) in [7, 11) is 1.58. The number of piperazine rings is 1. The number of aryl methyl sites for hydroxylation is 1. The first kappa shape index (κ1) is 16.1. The first-order chi connectivity index (χ1) is 11.6. The number of rotatable bonds is 3. The molecule has 3 rings (SSSR count). The van der Waals surface area contributed by atoms with Crippen molar-refractivity contribution in [3.8, 4) is 5.75 Å². The van der Waals surface area contributed by atoms with Gasteiger partial charge in [-0.25, -0.2) is 0 Å². The number of nitrogens with zero attached hydrogens (tertiary/aromatic N) is 1. The minimum Gasteiger partial charge on any atom is -0.497 e. The van der Waals surface area contributed by atoms with Gasteiger partial charge in [-0.1, -0.05) is 29.8 Å². The predicted molar refractivity (Wildman–Crippen MR) is 91.0 cm³/mol. The second-order valence-electron chi connectivity index (χ2n) is 5.83. The summed E-state index contributed by atoms with van der Waals surface area (Å²) in [4.78, 5) is 26.9. The summed E-state index contributed by atoms with van der Waals surface area (Å²) in [6.45, 7) is 2.93. The summed E-state index contributed by atoms with van der Waals surface area (Å²) >= 11 is 0. The van der Waals surface area contributed by atoms with Gasteiger partial charge in [-0.3, -0.25) is 9.59 Å². The van der Waals surface area contributed by atoms with Crippen LogP contribution in [0.3, 0.4) is 0 Å². The predicted octanol–water partition coefficient (Wildman–Crippen LogP) is 2.32. The third-order valence-electron chi connectivity index (χ3n) is 4.20. The van der Waals surface area contributed by atoms with E-state index in [1.54, 1.807) is 36.3 Å². The number of methoxy groups -OCH3 is 1. The Morgan fingerprint density at radius 2 is 1.79 bits per heavy atom. The number of hydrogen-bond donors (Lipinski definition) is 1. The van der Waals surface area contributed by atoms with E-state index in [1.165, 1.54) is 0 Å². The number of hydrogen-bond acceptors (Lipinski definition) is 3. The fourth-order valence-corrected chi connectivity index (χ4v) is 2.87. The van der Waals surface area contributed by atoms with Gasteiger partial charge >= 0.3 is 0 Å². The van der Waals surface area contributed by atoms with Crippen LogP contribution in [-0.4, -0.2) is 36.9 Å². The number of ether oxygens (including phenoxy) is 1. The fourth-order valence-electron chi connectivity index (χ4n) is 2.87. The molecule has 0 bridgehead atoms. The molecule has 1 aliphatic heterocycles. The van der Waals surface area contributed by atoms with Crippen molar-refractivity contribution in [2.45, 2.75) is 13.0 Å². The molecule has 1 heterocycles. The fraction of sp³-hybridized carbons (Fsp3) is 0.263. The maximum Gasteiger partial charge on any atom is 0.254 e. The van der Waals surface area contributed by atoms with Gasteiger partial charge in [-0.15, -0.1) is 0 Å². The highest BCUT2D eigenvalue weighted by Crippen LogP contribution is 2.26. The Kier molecular flexibility index (Phi) is 4.51. The zero-order valence-electron chi connectivity index (χ0n) is 13.8. The lowest BCUT2D eigenvalue weighted by Crippen LogP contribution is -2.52. The molecule has 24 heavy (non-hydrogen) atoms. The first-order valence-electron chi connectivity index (χ1n) is 7.89.